The van der Waals surface area contributed by atoms with Gasteiger partial charge in [-0.1, -0.05) is 12.1 Å². The molecular weight excluding hydrogens is 420 g/mol. The van der Waals surface area contributed by atoms with Gasteiger partial charge in [0.25, 0.3) is 11.7 Å². The molecule has 3 aromatic rings. The maximum absolute atomic E-state index is 13.2. The average molecular weight is 444 g/mol. The molecule has 2 heterocycles. The van der Waals surface area contributed by atoms with Gasteiger partial charge in [-0.3, -0.25) is 19.5 Å². The van der Waals surface area contributed by atoms with Crippen LogP contribution in [0.3, 0.4) is 0 Å². The Balaban J connectivity index is 1.90. The second-order valence-electron chi connectivity index (χ2n) is 7.57. The number of benzene rings is 2. The van der Waals surface area contributed by atoms with E-state index in [2.05, 4.69) is 4.98 Å². The number of ketones is 1. The number of pyridine rings is 1. The Kier molecular flexibility index (Phi) is 6.13. The molecule has 1 amide bonds. The van der Waals surface area contributed by atoms with Crippen molar-refractivity contribution in [3.63, 3.8) is 0 Å². The monoisotopic (exact) mass is 444 g/mol. The Morgan fingerprint density at radius 1 is 1.12 bits per heavy atom. The number of carbonyl (C=O) groups is 2. The number of carbonyl (C=O) groups excluding carboxylic acids is 2. The minimum absolute atomic E-state index is 0.000574. The van der Waals surface area contributed by atoms with Gasteiger partial charge >= 0.3 is 0 Å². The number of aryl methyl sites for hydroxylation is 1. The van der Waals surface area contributed by atoms with E-state index in [0.717, 1.165) is 5.56 Å². The summed E-state index contributed by atoms with van der Waals surface area (Å²) in [6, 6.07) is 14.7. The first-order valence-corrected chi connectivity index (χ1v) is 10.5. The third kappa shape index (κ3) is 4.05. The molecule has 1 aliphatic rings. The van der Waals surface area contributed by atoms with Crippen molar-refractivity contribution in [1.29, 1.82) is 0 Å². The highest BCUT2D eigenvalue weighted by Gasteiger charge is 2.47. The van der Waals surface area contributed by atoms with Crippen molar-refractivity contribution < 1.29 is 24.2 Å². The SMILES string of the molecule is CCOc1ccc(/C(O)=C2\C(=O)C(=O)N(c3cccc(OC)c3)C2c2cccnc2)cc1C. The minimum atomic E-state index is -0.849. The lowest BCUT2D eigenvalue weighted by molar-refractivity contribution is -0.132. The third-order valence-corrected chi connectivity index (χ3v) is 5.52. The molecule has 0 aliphatic carbocycles. The Bertz CT molecular complexity index is 1240. The van der Waals surface area contributed by atoms with Crippen molar-refractivity contribution in [3.8, 4) is 11.5 Å². The van der Waals surface area contributed by atoms with Crippen LogP contribution < -0.4 is 14.4 Å². The molecular formula is C26H24N2O5. The van der Waals surface area contributed by atoms with Gasteiger partial charge in [0.05, 0.1) is 25.3 Å². The number of nitrogens with zero attached hydrogens (tertiary/aromatic N) is 2. The number of amides is 1. The first-order valence-electron chi connectivity index (χ1n) is 10.5. The van der Waals surface area contributed by atoms with E-state index in [9.17, 15) is 14.7 Å². The van der Waals surface area contributed by atoms with Crippen molar-refractivity contribution in [3.05, 3.63) is 89.3 Å². The standard InChI is InChI=1S/C26H24N2O5/c1-4-33-21-11-10-17(13-16(21)2)24(29)22-23(18-7-6-12-27-15-18)28(26(31)25(22)30)19-8-5-9-20(14-19)32-3/h5-15,23,29H,4H2,1-3H3/b24-22+. The molecule has 1 saturated heterocycles. The topological polar surface area (TPSA) is 89.0 Å². The van der Waals surface area contributed by atoms with Gasteiger partial charge in [0.2, 0.25) is 0 Å². The van der Waals surface area contributed by atoms with Crippen molar-refractivity contribution >= 4 is 23.1 Å². The van der Waals surface area contributed by atoms with E-state index in [1.54, 1.807) is 67.0 Å². The van der Waals surface area contributed by atoms with E-state index in [1.165, 1.54) is 12.0 Å². The molecule has 0 bridgehead atoms. The Labute approximate surface area is 191 Å². The largest absolute Gasteiger partial charge is 0.507 e. The van der Waals surface area contributed by atoms with Crippen LogP contribution in [-0.4, -0.2) is 35.5 Å². The normalized spacial score (nSPS) is 17.3. The highest BCUT2D eigenvalue weighted by molar-refractivity contribution is 6.51. The Morgan fingerprint density at radius 2 is 1.94 bits per heavy atom. The molecule has 1 aliphatic heterocycles. The van der Waals surface area contributed by atoms with Gasteiger partial charge < -0.3 is 14.6 Å². The van der Waals surface area contributed by atoms with Gasteiger partial charge in [0.1, 0.15) is 17.3 Å². The lowest BCUT2D eigenvalue weighted by atomic mass is 9.95. The maximum Gasteiger partial charge on any atom is 0.300 e. The van der Waals surface area contributed by atoms with Gasteiger partial charge in [-0.2, -0.15) is 0 Å². The summed E-state index contributed by atoms with van der Waals surface area (Å²) in [7, 11) is 1.53. The van der Waals surface area contributed by atoms with Gasteiger partial charge in [0, 0.05) is 29.7 Å². The molecule has 0 spiro atoms. The fourth-order valence-corrected chi connectivity index (χ4v) is 3.98. The maximum atomic E-state index is 13.2. The number of ether oxygens (including phenoxy) is 2. The van der Waals surface area contributed by atoms with E-state index in [-0.39, 0.29) is 11.3 Å². The van der Waals surface area contributed by atoms with E-state index < -0.39 is 17.7 Å². The Hall–Kier alpha value is -4.13. The molecule has 7 heteroatoms. The number of hydrogen-bond acceptors (Lipinski definition) is 6. The van der Waals surface area contributed by atoms with Crippen LogP contribution in [0.25, 0.3) is 5.76 Å². The van der Waals surface area contributed by atoms with Gasteiger partial charge in [-0.15, -0.1) is 0 Å². The second kappa shape index (κ2) is 9.16. The van der Waals surface area contributed by atoms with E-state index in [0.29, 0.717) is 34.9 Å². The van der Waals surface area contributed by atoms with Crippen LogP contribution in [-0.2, 0) is 9.59 Å². The van der Waals surface area contributed by atoms with Crippen LogP contribution in [0.5, 0.6) is 11.5 Å². The number of aliphatic hydroxyl groups is 1. The summed E-state index contributed by atoms with van der Waals surface area (Å²) in [4.78, 5) is 31.9. The smallest absolute Gasteiger partial charge is 0.300 e. The van der Waals surface area contributed by atoms with Crippen molar-refractivity contribution in [2.45, 2.75) is 19.9 Å². The lowest BCUT2D eigenvalue weighted by Crippen LogP contribution is -2.29. The minimum Gasteiger partial charge on any atom is -0.507 e. The number of Topliss-reactive ketones (excluding diaryl/α,β-unsaturated/α-hetero) is 1. The highest BCUT2D eigenvalue weighted by atomic mass is 16.5. The molecule has 1 unspecified atom stereocenters. The average Bonchev–Trinajstić information content (AvgIpc) is 3.11. The number of aromatic nitrogens is 1. The molecule has 168 valence electrons. The number of rotatable bonds is 6. The lowest BCUT2D eigenvalue weighted by Gasteiger charge is -2.25. The van der Waals surface area contributed by atoms with Crippen LogP contribution >= 0.6 is 0 Å². The van der Waals surface area contributed by atoms with Crippen molar-refractivity contribution in [2.24, 2.45) is 0 Å². The van der Waals surface area contributed by atoms with Crippen LogP contribution in [0.1, 0.15) is 29.7 Å². The molecule has 4 rings (SSSR count). The van der Waals surface area contributed by atoms with Gasteiger partial charge in [-0.25, -0.2) is 0 Å². The summed E-state index contributed by atoms with van der Waals surface area (Å²) < 4.78 is 10.9. The van der Waals surface area contributed by atoms with E-state index in [1.807, 2.05) is 13.8 Å². The molecule has 2 aromatic carbocycles. The molecule has 1 fully saturated rings. The Morgan fingerprint density at radius 3 is 2.61 bits per heavy atom. The fraction of sp³-hybridized carbons (Fsp3) is 0.192. The number of hydrogen-bond donors (Lipinski definition) is 1. The van der Waals surface area contributed by atoms with Crippen LogP contribution in [0.15, 0.2) is 72.6 Å². The fourth-order valence-electron chi connectivity index (χ4n) is 3.98. The molecule has 0 radical (unpaired) electrons. The first-order chi connectivity index (χ1) is 16.0. The summed E-state index contributed by atoms with van der Waals surface area (Å²) in [6.45, 7) is 4.26. The summed E-state index contributed by atoms with van der Waals surface area (Å²) in [5.41, 5.74) is 2.31. The van der Waals surface area contributed by atoms with Crippen LogP contribution in [0.2, 0.25) is 0 Å². The molecule has 0 saturated carbocycles. The van der Waals surface area contributed by atoms with Crippen molar-refractivity contribution in [2.75, 3.05) is 18.6 Å². The molecule has 1 aromatic heterocycles. The summed E-state index contributed by atoms with van der Waals surface area (Å²) >= 11 is 0. The van der Waals surface area contributed by atoms with E-state index >= 15 is 0 Å². The van der Waals surface area contributed by atoms with Gasteiger partial charge in [-0.05, 0) is 61.4 Å². The summed E-state index contributed by atoms with van der Waals surface area (Å²) in [5.74, 6) is -0.521. The van der Waals surface area contributed by atoms with Crippen LogP contribution in [0, 0.1) is 6.92 Å². The molecule has 7 nitrogen and oxygen atoms in total. The van der Waals surface area contributed by atoms with E-state index in [4.69, 9.17) is 9.47 Å². The number of aliphatic hydroxyl groups excluding tert-OH is 1. The second-order valence-corrected chi connectivity index (χ2v) is 7.57. The zero-order chi connectivity index (χ0) is 23.5. The number of anilines is 1. The predicted octanol–water partition coefficient (Wildman–Crippen LogP) is 4.42. The first kappa shape index (κ1) is 22.1. The molecule has 33 heavy (non-hydrogen) atoms. The predicted molar refractivity (Wildman–Crippen MR) is 124 cm³/mol. The summed E-state index contributed by atoms with van der Waals surface area (Å²) in [5, 5.41) is 11.2. The van der Waals surface area contributed by atoms with Crippen molar-refractivity contribution in [1.82, 2.24) is 4.98 Å². The zero-order valence-electron chi connectivity index (χ0n) is 18.6. The number of methoxy groups -OCH3 is 1. The highest BCUT2D eigenvalue weighted by Crippen LogP contribution is 2.42. The molecule has 1 N–H and O–H groups in total. The van der Waals surface area contributed by atoms with Gasteiger partial charge in [0.15, 0.2) is 0 Å². The third-order valence-electron chi connectivity index (χ3n) is 5.52. The molecule has 1 atom stereocenters. The quantitative estimate of drug-likeness (QED) is 0.344. The summed E-state index contributed by atoms with van der Waals surface area (Å²) in [6.07, 6.45) is 3.19. The zero-order valence-corrected chi connectivity index (χ0v) is 18.6. The van der Waals surface area contributed by atoms with Crippen LogP contribution in [0.4, 0.5) is 5.69 Å².